The Morgan fingerprint density at radius 1 is 1.14 bits per heavy atom. The van der Waals surface area contributed by atoms with Crippen LogP contribution in [0, 0.1) is 11.8 Å². The zero-order chi connectivity index (χ0) is 21.2. The van der Waals surface area contributed by atoms with E-state index in [1.165, 1.54) is 12.8 Å². The predicted octanol–water partition coefficient (Wildman–Crippen LogP) is 4.17. The molecule has 2 aliphatic heterocycles. The van der Waals surface area contributed by atoms with E-state index in [-0.39, 0.29) is 12.0 Å². The van der Waals surface area contributed by atoms with Crippen LogP contribution < -0.4 is 4.90 Å². The molecule has 0 spiro atoms. The molecule has 2 heterocycles. The minimum Gasteiger partial charge on any atom is -0.445 e. The van der Waals surface area contributed by atoms with Gasteiger partial charge in [0.25, 0.3) is 0 Å². The van der Waals surface area contributed by atoms with E-state index in [9.17, 15) is 4.79 Å². The van der Waals surface area contributed by atoms with Crippen LogP contribution in [0.3, 0.4) is 0 Å². The molecule has 1 unspecified atom stereocenters. The molecule has 0 radical (unpaired) electrons. The van der Waals surface area contributed by atoms with Crippen LogP contribution in [0.15, 0.2) is 47.1 Å². The van der Waals surface area contributed by atoms with Crippen molar-refractivity contribution in [2.24, 2.45) is 0 Å². The van der Waals surface area contributed by atoms with Gasteiger partial charge in [-0.1, -0.05) is 32.1 Å². The minimum atomic E-state index is -0.578. The molecule has 154 valence electrons. The van der Waals surface area contributed by atoms with E-state index in [1.54, 1.807) is 6.08 Å². The molecule has 0 aromatic heterocycles. The lowest BCUT2D eigenvalue weighted by Gasteiger charge is -2.50. The number of hydrogen-bond acceptors (Lipinski definition) is 4. The first-order chi connectivity index (χ1) is 13.9. The summed E-state index contributed by atoms with van der Waals surface area (Å²) >= 11 is 0. The molecule has 1 aromatic rings. The van der Waals surface area contributed by atoms with E-state index in [0.29, 0.717) is 0 Å². The van der Waals surface area contributed by atoms with Crippen molar-refractivity contribution >= 4 is 11.7 Å². The second kappa shape index (κ2) is 8.47. The lowest BCUT2D eigenvalue weighted by molar-refractivity contribution is -0.149. The Kier molecular flexibility index (Phi) is 6.19. The van der Waals surface area contributed by atoms with Crippen molar-refractivity contribution in [3.63, 3.8) is 0 Å². The average molecular weight is 393 g/mol. The topological polar surface area (TPSA) is 32.8 Å². The molecule has 0 N–H and O–H groups in total. The molecule has 1 aromatic carbocycles. The molecule has 4 heteroatoms. The van der Waals surface area contributed by atoms with Gasteiger partial charge in [-0.2, -0.15) is 0 Å². The second-order valence-electron chi connectivity index (χ2n) is 7.90. The number of rotatable bonds is 2. The molecule has 0 bridgehead atoms. The van der Waals surface area contributed by atoms with Gasteiger partial charge in [-0.25, -0.2) is 4.79 Å². The molecule has 0 saturated carbocycles. The summed E-state index contributed by atoms with van der Waals surface area (Å²) in [7, 11) is 6.18. The number of benzene rings is 1. The maximum atomic E-state index is 12.1. The third-order valence-corrected chi connectivity index (χ3v) is 6.08. The number of piperidine rings is 1. The average Bonchev–Trinajstić information content (AvgIpc) is 3.04. The van der Waals surface area contributed by atoms with Crippen molar-refractivity contribution in [1.29, 1.82) is 0 Å². The van der Waals surface area contributed by atoms with Gasteiger partial charge < -0.3 is 9.64 Å². The predicted molar refractivity (Wildman–Crippen MR) is 119 cm³/mol. The van der Waals surface area contributed by atoms with Crippen LogP contribution in [-0.4, -0.2) is 50.2 Å². The summed E-state index contributed by atoms with van der Waals surface area (Å²) in [5.74, 6) is 6.32. The third kappa shape index (κ3) is 3.60. The lowest BCUT2D eigenvalue weighted by Crippen LogP contribution is -2.59. The van der Waals surface area contributed by atoms with Crippen molar-refractivity contribution in [2.45, 2.75) is 51.7 Å². The van der Waals surface area contributed by atoms with Gasteiger partial charge in [-0.3, -0.25) is 4.90 Å². The first kappa shape index (κ1) is 21.2. The van der Waals surface area contributed by atoms with E-state index in [0.717, 1.165) is 40.9 Å². The maximum Gasteiger partial charge on any atom is 0.332 e. The highest BCUT2D eigenvalue weighted by molar-refractivity contribution is 5.93. The highest BCUT2D eigenvalue weighted by atomic mass is 16.6. The SMILES string of the molecule is CC.CC1=C(C#Cc2ccc(N(C)C)cc2)C2=CC(=O)O[C@]21C1CCCCN1C. The minimum absolute atomic E-state index is 0.217. The maximum absolute atomic E-state index is 12.1. The first-order valence-corrected chi connectivity index (χ1v) is 10.6. The number of anilines is 1. The summed E-state index contributed by atoms with van der Waals surface area (Å²) in [6.45, 7) is 7.11. The number of esters is 1. The highest BCUT2D eigenvalue weighted by Crippen LogP contribution is 2.54. The third-order valence-electron chi connectivity index (χ3n) is 6.08. The largest absolute Gasteiger partial charge is 0.445 e. The Bertz CT molecular complexity index is 899. The Balaban J connectivity index is 0.00000117. The monoisotopic (exact) mass is 392 g/mol. The van der Waals surface area contributed by atoms with Crippen LogP contribution in [0.4, 0.5) is 5.69 Å². The highest BCUT2D eigenvalue weighted by Gasteiger charge is 2.60. The lowest BCUT2D eigenvalue weighted by atomic mass is 9.64. The Hall–Kier alpha value is -2.51. The standard InChI is InChI=1S/C23H26N2O2.C2H6/c1-16-19(13-10-17-8-11-18(12-9-17)24(2)3)20-15-22(26)27-23(16,20)21-7-5-6-14-25(21)4;1-2/h8-9,11-12,15,21H,5-7,14H2,1-4H3;1-2H3/t21?,23-;/m0./s1. The van der Waals surface area contributed by atoms with Crippen LogP contribution in [0.25, 0.3) is 0 Å². The first-order valence-electron chi connectivity index (χ1n) is 10.6. The van der Waals surface area contributed by atoms with Gasteiger partial charge in [0.2, 0.25) is 0 Å². The zero-order valence-corrected chi connectivity index (χ0v) is 18.5. The van der Waals surface area contributed by atoms with Crippen LogP contribution in [-0.2, 0) is 9.53 Å². The molecule has 29 heavy (non-hydrogen) atoms. The smallest absolute Gasteiger partial charge is 0.332 e. The number of likely N-dealkylation sites (tertiary alicyclic amines) is 1. The summed E-state index contributed by atoms with van der Waals surface area (Å²) in [6.07, 6.45) is 5.07. The van der Waals surface area contributed by atoms with Crippen molar-refractivity contribution in [3.8, 4) is 11.8 Å². The van der Waals surface area contributed by atoms with Crippen LogP contribution in [0.5, 0.6) is 0 Å². The number of nitrogens with zero attached hydrogens (tertiary/aromatic N) is 2. The van der Waals surface area contributed by atoms with Gasteiger partial charge in [-0.05, 0) is 63.2 Å². The van der Waals surface area contributed by atoms with Gasteiger partial charge in [-0.15, -0.1) is 0 Å². The van der Waals surface area contributed by atoms with Gasteiger partial charge in [0.05, 0.1) is 6.04 Å². The number of fused-ring (bicyclic) bond motifs is 1. The van der Waals surface area contributed by atoms with E-state index in [1.807, 2.05) is 40.1 Å². The quantitative estimate of drug-likeness (QED) is 0.559. The summed E-state index contributed by atoms with van der Waals surface area (Å²) in [5, 5.41) is 0. The van der Waals surface area contributed by atoms with Gasteiger partial charge in [0, 0.05) is 42.6 Å². The van der Waals surface area contributed by atoms with Crippen molar-refractivity contribution in [1.82, 2.24) is 4.90 Å². The summed E-state index contributed by atoms with van der Waals surface area (Å²) in [6, 6.07) is 8.41. The summed E-state index contributed by atoms with van der Waals surface area (Å²) in [5.41, 5.74) is 4.58. The Morgan fingerprint density at radius 2 is 1.83 bits per heavy atom. The van der Waals surface area contributed by atoms with Crippen molar-refractivity contribution < 1.29 is 9.53 Å². The molecule has 1 saturated heterocycles. The van der Waals surface area contributed by atoms with Crippen molar-refractivity contribution in [3.05, 3.63) is 52.6 Å². The summed E-state index contributed by atoms with van der Waals surface area (Å²) in [4.78, 5) is 16.5. The van der Waals surface area contributed by atoms with E-state index in [4.69, 9.17) is 4.74 Å². The fraction of sp³-hybridized carbons (Fsp3) is 0.480. The molecule has 3 aliphatic rings. The van der Waals surface area contributed by atoms with Crippen LogP contribution in [0.2, 0.25) is 0 Å². The van der Waals surface area contributed by atoms with Crippen LogP contribution in [0.1, 0.15) is 45.6 Å². The number of likely N-dealkylation sites (N-methyl/N-ethyl adjacent to an activating group) is 1. The van der Waals surface area contributed by atoms with E-state index in [2.05, 4.69) is 47.7 Å². The molecule has 1 aliphatic carbocycles. The zero-order valence-electron chi connectivity index (χ0n) is 18.5. The van der Waals surface area contributed by atoms with Gasteiger partial charge in [0.15, 0.2) is 5.60 Å². The van der Waals surface area contributed by atoms with Gasteiger partial charge >= 0.3 is 5.97 Å². The molecular formula is C25H32N2O2. The van der Waals surface area contributed by atoms with Crippen molar-refractivity contribution in [2.75, 3.05) is 32.6 Å². The molecule has 2 atom stereocenters. The van der Waals surface area contributed by atoms with E-state index < -0.39 is 5.60 Å². The second-order valence-corrected chi connectivity index (χ2v) is 7.90. The number of ether oxygens (including phenoxy) is 1. The molecule has 0 amide bonds. The van der Waals surface area contributed by atoms with Crippen LogP contribution >= 0.6 is 0 Å². The van der Waals surface area contributed by atoms with E-state index >= 15 is 0 Å². The Morgan fingerprint density at radius 3 is 2.45 bits per heavy atom. The molecule has 4 nitrogen and oxygen atoms in total. The molecule has 4 rings (SSSR count). The normalized spacial score (nSPS) is 25.5. The number of carbonyl (C=O) groups excluding carboxylic acids is 1. The molecular weight excluding hydrogens is 360 g/mol. The van der Waals surface area contributed by atoms with Gasteiger partial charge in [0.1, 0.15) is 0 Å². The number of carbonyl (C=O) groups is 1. The number of hydrogen-bond donors (Lipinski definition) is 0. The summed E-state index contributed by atoms with van der Waals surface area (Å²) < 4.78 is 5.89. The fourth-order valence-corrected chi connectivity index (χ4v) is 4.55. The fourth-order valence-electron chi connectivity index (χ4n) is 4.55. The molecule has 1 fully saturated rings. The Labute approximate surface area is 175 Å².